The van der Waals surface area contributed by atoms with Gasteiger partial charge >= 0.3 is 6.09 Å². The summed E-state index contributed by atoms with van der Waals surface area (Å²) >= 11 is 0. The maximum atomic E-state index is 10.2. The fourth-order valence-electron chi connectivity index (χ4n) is 0.534. The zero-order valence-electron chi connectivity index (χ0n) is 4.66. The average Bonchev–Trinajstić information content (AvgIpc) is 2.14. The Bertz CT molecular complexity index is 108. The Morgan fingerprint density at radius 3 is 2.78 bits per heavy atom. The second-order valence-corrected chi connectivity index (χ2v) is 1.59. The lowest BCUT2D eigenvalue weighted by molar-refractivity contribution is 0.0961. The number of alkyl carbamates (subject to hydrolysis) is 1. The van der Waals surface area contributed by atoms with E-state index in [0.717, 1.165) is 0 Å². The molecule has 1 aliphatic rings. The van der Waals surface area contributed by atoms with Crippen molar-refractivity contribution in [3.63, 3.8) is 0 Å². The van der Waals surface area contributed by atoms with Crippen molar-refractivity contribution < 1.29 is 14.6 Å². The Morgan fingerprint density at radius 2 is 2.56 bits per heavy atom. The van der Waals surface area contributed by atoms with Crippen molar-refractivity contribution in [2.75, 3.05) is 13.2 Å². The van der Waals surface area contributed by atoms with Crippen LogP contribution in [0.2, 0.25) is 0 Å². The monoisotopic (exact) mass is 153 g/mol. The Hall–Kier alpha value is -0.480. The second kappa shape index (κ2) is 3.53. The Kier molecular flexibility index (Phi) is 3.34. The highest BCUT2D eigenvalue weighted by Crippen LogP contribution is 1.96. The van der Waals surface area contributed by atoms with Crippen LogP contribution in [-0.4, -0.2) is 30.5 Å². The van der Waals surface area contributed by atoms with Crippen LogP contribution in [0.15, 0.2) is 0 Å². The minimum Gasteiger partial charge on any atom is -0.442 e. The minimum absolute atomic E-state index is 0. The van der Waals surface area contributed by atoms with Gasteiger partial charge in [0.2, 0.25) is 0 Å². The summed E-state index contributed by atoms with van der Waals surface area (Å²) in [7, 11) is 0. The Morgan fingerprint density at radius 1 is 1.89 bits per heavy atom. The molecular weight excluding hydrogens is 146 g/mol. The molecule has 4 nitrogen and oxygen atoms in total. The van der Waals surface area contributed by atoms with Gasteiger partial charge in [0.25, 0.3) is 0 Å². The van der Waals surface area contributed by atoms with Gasteiger partial charge in [-0.05, 0) is 0 Å². The molecule has 0 aromatic carbocycles. The minimum atomic E-state index is -0.441. The van der Waals surface area contributed by atoms with E-state index in [1.165, 1.54) is 0 Å². The van der Waals surface area contributed by atoms with Gasteiger partial charge < -0.3 is 15.2 Å². The van der Waals surface area contributed by atoms with Crippen molar-refractivity contribution >= 4 is 18.5 Å². The number of ether oxygens (including phenoxy) is 1. The molecular formula is C4H8ClNO3. The lowest BCUT2D eigenvalue weighted by atomic mass is 10.4. The third kappa shape index (κ3) is 2.07. The normalized spacial score (nSPS) is 24.1. The van der Waals surface area contributed by atoms with E-state index in [1.807, 2.05) is 0 Å². The van der Waals surface area contributed by atoms with Gasteiger partial charge in [0.15, 0.2) is 0 Å². The predicted octanol–water partition coefficient (Wildman–Crippen LogP) is -0.491. The van der Waals surface area contributed by atoms with Crippen molar-refractivity contribution in [3.8, 4) is 0 Å². The van der Waals surface area contributed by atoms with E-state index in [-0.39, 0.29) is 25.1 Å². The number of aliphatic hydroxyl groups is 1. The molecule has 0 aromatic heterocycles. The van der Waals surface area contributed by atoms with E-state index >= 15 is 0 Å². The van der Waals surface area contributed by atoms with Crippen LogP contribution < -0.4 is 5.32 Å². The molecule has 0 aromatic rings. The summed E-state index contributed by atoms with van der Waals surface area (Å²) in [5.41, 5.74) is 0. The lowest BCUT2D eigenvalue weighted by Gasteiger charge is -1.98. The van der Waals surface area contributed by atoms with Gasteiger partial charge in [-0.3, -0.25) is 0 Å². The van der Waals surface area contributed by atoms with E-state index in [2.05, 4.69) is 10.1 Å². The van der Waals surface area contributed by atoms with Gasteiger partial charge in [0, 0.05) is 0 Å². The summed E-state index contributed by atoms with van der Waals surface area (Å²) in [6, 6.07) is 0. The van der Waals surface area contributed by atoms with Crippen LogP contribution in [0, 0.1) is 0 Å². The number of hydrogen-bond acceptors (Lipinski definition) is 3. The van der Waals surface area contributed by atoms with Crippen LogP contribution in [-0.2, 0) is 4.74 Å². The van der Waals surface area contributed by atoms with Crippen LogP contribution in [0.1, 0.15) is 0 Å². The maximum absolute atomic E-state index is 10.2. The third-order valence-electron chi connectivity index (χ3n) is 0.951. The van der Waals surface area contributed by atoms with Gasteiger partial charge in [0.1, 0.15) is 6.10 Å². The van der Waals surface area contributed by atoms with Gasteiger partial charge in [-0.1, -0.05) is 0 Å². The molecule has 5 heteroatoms. The zero-order valence-corrected chi connectivity index (χ0v) is 5.48. The first kappa shape index (κ1) is 8.52. The number of hydrogen-bond donors (Lipinski definition) is 2. The van der Waals surface area contributed by atoms with E-state index < -0.39 is 6.09 Å². The van der Waals surface area contributed by atoms with Crippen LogP contribution in [0.5, 0.6) is 0 Å². The number of carbonyl (C=O) groups is 1. The topological polar surface area (TPSA) is 58.6 Å². The molecule has 1 atom stereocenters. The molecule has 2 N–H and O–H groups in total. The highest BCUT2D eigenvalue weighted by molar-refractivity contribution is 5.85. The van der Waals surface area contributed by atoms with Crippen molar-refractivity contribution in [2.24, 2.45) is 0 Å². The third-order valence-corrected chi connectivity index (χ3v) is 0.951. The molecule has 0 unspecified atom stereocenters. The summed E-state index contributed by atoms with van der Waals surface area (Å²) in [5.74, 6) is 0. The van der Waals surface area contributed by atoms with Crippen molar-refractivity contribution in [2.45, 2.75) is 6.10 Å². The molecule has 0 radical (unpaired) electrons. The van der Waals surface area contributed by atoms with Crippen molar-refractivity contribution in [1.82, 2.24) is 5.32 Å². The first-order valence-corrected chi connectivity index (χ1v) is 2.38. The van der Waals surface area contributed by atoms with Gasteiger partial charge in [-0.25, -0.2) is 4.79 Å². The smallest absolute Gasteiger partial charge is 0.407 e. The molecule has 0 saturated carbocycles. The molecule has 1 rings (SSSR count). The molecule has 0 aliphatic carbocycles. The van der Waals surface area contributed by atoms with Gasteiger partial charge in [-0.15, -0.1) is 12.4 Å². The van der Waals surface area contributed by atoms with Gasteiger partial charge in [0.05, 0.1) is 13.2 Å². The molecule has 0 spiro atoms. The van der Waals surface area contributed by atoms with Crippen molar-refractivity contribution in [3.05, 3.63) is 0 Å². The predicted molar refractivity (Wildman–Crippen MR) is 32.6 cm³/mol. The molecule has 54 valence electrons. The average molecular weight is 154 g/mol. The summed E-state index contributed by atoms with van der Waals surface area (Å²) in [6.07, 6.45) is -0.772. The van der Waals surface area contributed by atoms with Crippen LogP contribution in [0.3, 0.4) is 0 Å². The summed E-state index contributed by atoms with van der Waals surface area (Å²) in [4.78, 5) is 10.2. The Labute approximate surface area is 58.6 Å². The van der Waals surface area contributed by atoms with E-state index in [9.17, 15) is 4.79 Å². The largest absolute Gasteiger partial charge is 0.442 e. The standard InChI is InChI=1S/C4H7NO3.ClH/c6-2-3-1-5-4(7)8-3;/h3,6H,1-2H2,(H,5,7);1H/t3-;/m1./s1. The van der Waals surface area contributed by atoms with E-state index in [0.29, 0.717) is 6.54 Å². The van der Waals surface area contributed by atoms with Crippen molar-refractivity contribution in [1.29, 1.82) is 0 Å². The zero-order chi connectivity index (χ0) is 5.98. The van der Waals surface area contributed by atoms with Gasteiger partial charge in [-0.2, -0.15) is 0 Å². The SMILES string of the molecule is Cl.O=C1NC[C@H](CO)O1. The number of halogens is 1. The molecule has 0 bridgehead atoms. The summed E-state index contributed by atoms with van der Waals surface area (Å²) in [5, 5.41) is 10.8. The Balaban J connectivity index is 0.000000640. The van der Waals surface area contributed by atoms with E-state index in [1.54, 1.807) is 0 Å². The fraction of sp³-hybridized carbons (Fsp3) is 0.750. The number of amides is 1. The lowest BCUT2D eigenvalue weighted by Crippen LogP contribution is -2.17. The van der Waals surface area contributed by atoms with Crippen LogP contribution in [0.25, 0.3) is 0 Å². The van der Waals surface area contributed by atoms with Crippen LogP contribution >= 0.6 is 12.4 Å². The molecule has 9 heavy (non-hydrogen) atoms. The number of cyclic esters (lactones) is 1. The van der Waals surface area contributed by atoms with E-state index in [4.69, 9.17) is 5.11 Å². The first-order valence-electron chi connectivity index (χ1n) is 2.38. The summed E-state index contributed by atoms with van der Waals surface area (Å²) in [6.45, 7) is 0.327. The molecule has 1 amide bonds. The first-order chi connectivity index (χ1) is 3.83. The fourth-order valence-corrected chi connectivity index (χ4v) is 0.534. The quantitative estimate of drug-likeness (QED) is 0.535. The number of rotatable bonds is 1. The number of nitrogens with one attached hydrogen (secondary N) is 1. The molecule has 1 aliphatic heterocycles. The number of carbonyl (C=O) groups excluding carboxylic acids is 1. The second-order valence-electron chi connectivity index (χ2n) is 1.59. The van der Waals surface area contributed by atoms with Crippen LogP contribution in [0.4, 0.5) is 4.79 Å². The molecule has 1 saturated heterocycles. The summed E-state index contributed by atoms with van der Waals surface area (Å²) < 4.78 is 4.51. The molecule has 1 fully saturated rings. The number of aliphatic hydroxyl groups excluding tert-OH is 1. The molecule has 1 heterocycles. The highest BCUT2D eigenvalue weighted by atomic mass is 35.5. The maximum Gasteiger partial charge on any atom is 0.407 e. The highest BCUT2D eigenvalue weighted by Gasteiger charge is 2.20.